The number of hydrogen-bond donors (Lipinski definition) is 1. The SMILES string of the molecule is CCC1(CC)CC(NC(=O)CN(c2cccc(C)c2C)S(=O)(=O)c2ccccc2)c2ccccc2O1. The van der Waals surface area contributed by atoms with E-state index in [0.717, 1.165) is 35.3 Å². The van der Waals surface area contributed by atoms with Gasteiger partial charge in [0.1, 0.15) is 17.9 Å². The molecule has 4 rings (SSSR count). The van der Waals surface area contributed by atoms with E-state index in [9.17, 15) is 13.2 Å². The summed E-state index contributed by atoms with van der Waals surface area (Å²) >= 11 is 0. The van der Waals surface area contributed by atoms with E-state index in [-0.39, 0.29) is 29.0 Å². The molecular weight excluding hydrogens is 472 g/mol. The van der Waals surface area contributed by atoms with Crippen LogP contribution in [0.2, 0.25) is 0 Å². The van der Waals surface area contributed by atoms with E-state index < -0.39 is 10.0 Å². The van der Waals surface area contributed by atoms with Gasteiger partial charge >= 0.3 is 0 Å². The maximum Gasteiger partial charge on any atom is 0.264 e. The number of nitrogens with zero attached hydrogens (tertiary/aromatic N) is 1. The van der Waals surface area contributed by atoms with Crippen molar-refractivity contribution in [3.05, 3.63) is 89.5 Å². The first-order chi connectivity index (χ1) is 17.2. The molecule has 1 aliphatic heterocycles. The molecule has 0 radical (unpaired) electrons. The Morgan fingerprint density at radius 3 is 2.33 bits per heavy atom. The molecule has 1 N–H and O–H groups in total. The molecule has 0 saturated carbocycles. The smallest absolute Gasteiger partial charge is 0.264 e. The standard InChI is InChI=1S/C29H34N2O4S/c1-5-29(6-2)19-25(24-16-10-11-18-27(24)35-29)30-28(32)20-31(26-17-12-13-21(3)22(26)4)36(33,34)23-14-8-7-9-15-23/h7-18,25H,5-6,19-20H2,1-4H3,(H,30,32). The Kier molecular flexibility index (Phi) is 7.41. The van der Waals surface area contributed by atoms with Crippen LogP contribution in [0.4, 0.5) is 5.69 Å². The van der Waals surface area contributed by atoms with E-state index in [4.69, 9.17) is 4.74 Å². The Hall–Kier alpha value is -3.32. The van der Waals surface area contributed by atoms with Crippen molar-refractivity contribution in [1.82, 2.24) is 5.32 Å². The summed E-state index contributed by atoms with van der Waals surface area (Å²) in [7, 11) is -3.97. The number of anilines is 1. The number of carbonyl (C=O) groups is 1. The number of rotatable bonds is 8. The summed E-state index contributed by atoms with van der Waals surface area (Å²) in [6.45, 7) is 7.66. The fourth-order valence-corrected chi connectivity index (χ4v) is 6.33. The number of ether oxygens (including phenoxy) is 1. The molecule has 0 bridgehead atoms. The van der Waals surface area contributed by atoms with Gasteiger partial charge in [-0.1, -0.05) is 62.4 Å². The lowest BCUT2D eigenvalue weighted by atomic mass is 9.83. The van der Waals surface area contributed by atoms with Crippen LogP contribution in [-0.4, -0.2) is 26.5 Å². The van der Waals surface area contributed by atoms with Gasteiger partial charge in [-0.25, -0.2) is 8.42 Å². The number of sulfonamides is 1. The summed E-state index contributed by atoms with van der Waals surface area (Å²) in [5, 5.41) is 3.13. The molecule has 1 unspecified atom stereocenters. The number of aryl methyl sites for hydroxylation is 1. The molecule has 3 aromatic carbocycles. The van der Waals surface area contributed by atoms with Crippen LogP contribution in [0.15, 0.2) is 77.7 Å². The molecule has 190 valence electrons. The van der Waals surface area contributed by atoms with Crippen molar-refractivity contribution in [3.8, 4) is 5.75 Å². The van der Waals surface area contributed by atoms with Crippen molar-refractivity contribution in [2.75, 3.05) is 10.8 Å². The Bertz CT molecular complexity index is 1330. The second-order valence-electron chi connectivity index (χ2n) is 9.40. The number of carbonyl (C=O) groups excluding carboxylic acids is 1. The number of hydrogen-bond acceptors (Lipinski definition) is 4. The van der Waals surface area contributed by atoms with E-state index in [1.54, 1.807) is 36.4 Å². The molecule has 1 heterocycles. The number of fused-ring (bicyclic) bond motifs is 1. The minimum Gasteiger partial charge on any atom is -0.487 e. The third-order valence-corrected chi connectivity index (χ3v) is 9.06. The molecule has 7 heteroatoms. The summed E-state index contributed by atoms with van der Waals surface area (Å²) in [5.41, 5.74) is 2.80. The molecule has 0 spiro atoms. The van der Waals surface area contributed by atoms with Gasteiger partial charge in [-0.15, -0.1) is 0 Å². The zero-order chi connectivity index (χ0) is 25.9. The van der Waals surface area contributed by atoms with Crippen LogP contribution in [0, 0.1) is 13.8 Å². The lowest BCUT2D eigenvalue weighted by molar-refractivity contribution is -0.121. The van der Waals surface area contributed by atoms with Crippen LogP contribution in [0.25, 0.3) is 0 Å². The molecule has 36 heavy (non-hydrogen) atoms. The molecule has 1 atom stereocenters. The van der Waals surface area contributed by atoms with Gasteiger partial charge in [0, 0.05) is 12.0 Å². The highest BCUT2D eigenvalue weighted by molar-refractivity contribution is 7.92. The Labute approximate surface area is 214 Å². The first kappa shape index (κ1) is 25.8. The molecule has 6 nitrogen and oxygen atoms in total. The van der Waals surface area contributed by atoms with E-state index in [2.05, 4.69) is 19.2 Å². The summed E-state index contributed by atoms with van der Waals surface area (Å²) in [6.07, 6.45) is 2.24. The monoisotopic (exact) mass is 506 g/mol. The topological polar surface area (TPSA) is 75.7 Å². The number of benzene rings is 3. The maximum atomic E-state index is 13.7. The molecule has 0 aliphatic carbocycles. The van der Waals surface area contributed by atoms with Crippen molar-refractivity contribution in [3.63, 3.8) is 0 Å². The largest absolute Gasteiger partial charge is 0.487 e. The number of amides is 1. The van der Waals surface area contributed by atoms with Crippen LogP contribution in [0.1, 0.15) is 55.8 Å². The third-order valence-electron chi connectivity index (χ3n) is 7.28. The van der Waals surface area contributed by atoms with Crippen LogP contribution >= 0.6 is 0 Å². The van der Waals surface area contributed by atoms with Gasteiger partial charge in [-0.3, -0.25) is 9.10 Å². The predicted molar refractivity (Wildman–Crippen MR) is 143 cm³/mol. The average Bonchev–Trinajstić information content (AvgIpc) is 2.89. The molecule has 0 aromatic heterocycles. The second kappa shape index (κ2) is 10.3. The molecule has 3 aromatic rings. The Morgan fingerprint density at radius 2 is 1.64 bits per heavy atom. The van der Waals surface area contributed by atoms with Gasteiger partial charge in [-0.2, -0.15) is 0 Å². The molecular formula is C29H34N2O4S. The zero-order valence-electron chi connectivity index (χ0n) is 21.3. The lowest BCUT2D eigenvalue weighted by Crippen LogP contribution is -2.47. The van der Waals surface area contributed by atoms with Gasteiger partial charge < -0.3 is 10.1 Å². The minimum atomic E-state index is -3.97. The first-order valence-electron chi connectivity index (χ1n) is 12.4. The highest BCUT2D eigenvalue weighted by Gasteiger charge is 2.39. The zero-order valence-corrected chi connectivity index (χ0v) is 22.1. The van der Waals surface area contributed by atoms with Gasteiger partial charge in [0.05, 0.1) is 16.6 Å². The quantitative estimate of drug-likeness (QED) is 0.425. The van der Waals surface area contributed by atoms with Crippen LogP contribution < -0.4 is 14.4 Å². The van der Waals surface area contributed by atoms with E-state index in [0.29, 0.717) is 12.1 Å². The predicted octanol–water partition coefficient (Wildman–Crippen LogP) is 5.70. The maximum absolute atomic E-state index is 13.7. The minimum absolute atomic E-state index is 0.145. The normalized spacial score (nSPS) is 16.5. The van der Waals surface area contributed by atoms with Gasteiger partial charge in [0.2, 0.25) is 5.91 Å². The molecule has 1 amide bonds. The van der Waals surface area contributed by atoms with Crippen molar-refractivity contribution >= 4 is 21.6 Å². The van der Waals surface area contributed by atoms with Crippen LogP contribution in [0.3, 0.4) is 0 Å². The van der Waals surface area contributed by atoms with Gasteiger partial charge in [0.15, 0.2) is 0 Å². The van der Waals surface area contributed by atoms with Gasteiger partial charge in [-0.05, 0) is 62.1 Å². The third kappa shape index (κ3) is 4.98. The van der Waals surface area contributed by atoms with E-state index >= 15 is 0 Å². The van der Waals surface area contributed by atoms with Gasteiger partial charge in [0.25, 0.3) is 10.0 Å². The summed E-state index contributed by atoms with van der Waals surface area (Å²) in [6, 6.07) is 21.2. The first-order valence-corrected chi connectivity index (χ1v) is 13.9. The fraction of sp³-hybridized carbons (Fsp3) is 0.345. The van der Waals surface area contributed by atoms with Crippen molar-refractivity contribution in [2.45, 2.75) is 63.5 Å². The van der Waals surface area contributed by atoms with Crippen LogP contribution in [0.5, 0.6) is 5.75 Å². The molecule has 0 saturated heterocycles. The highest BCUT2D eigenvalue weighted by Crippen LogP contribution is 2.42. The molecule has 0 fully saturated rings. The Balaban J connectivity index is 1.68. The number of para-hydroxylation sites is 1. The van der Waals surface area contributed by atoms with Crippen molar-refractivity contribution in [1.29, 1.82) is 0 Å². The second-order valence-corrected chi connectivity index (χ2v) is 11.3. The van der Waals surface area contributed by atoms with Crippen LogP contribution in [-0.2, 0) is 14.8 Å². The average molecular weight is 507 g/mol. The lowest BCUT2D eigenvalue weighted by Gasteiger charge is -2.41. The van der Waals surface area contributed by atoms with Crippen molar-refractivity contribution < 1.29 is 17.9 Å². The number of nitrogens with one attached hydrogen (secondary N) is 1. The fourth-order valence-electron chi connectivity index (χ4n) is 4.83. The van der Waals surface area contributed by atoms with E-state index in [1.807, 2.05) is 50.2 Å². The van der Waals surface area contributed by atoms with Crippen molar-refractivity contribution in [2.24, 2.45) is 0 Å². The highest BCUT2D eigenvalue weighted by atomic mass is 32.2. The molecule has 1 aliphatic rings. The Morgan fingerprint density at radius 1 is 0.972 bits per heavy atom. The summed E-state index contributed by atoms with van der Waals surface area (Å²) < 4.78 is 35.1. The summed E-state index contributed by atoms with van der Waals surface area (Å²) in [5.74, 6) is 0.402. The summed E-state index contributed by atoms with van der Waals surface area (Å²) in [4.78, 5) is 13.7. The van der Waals surface area contributed by atoms with E-state index in [1.165, 1.54) is 4.31 Å².